The second-order valence-electron chi connectivity index (χ2n) is 7.67. The number of carbonyl (C=O) groups is 1. The van der Waals surface area contributed by atoms with Crippen molar-refractivity contribution >= 4 is 17.3 Å². The van der Waals surface area contributed by atoms with Gasteiger partial charge < -0.3 is 19.7 Å². The van der Waals surface area contributed by atoms with E-state index in [0.717, 1.165) is 28.3 Å². The number of methoxy groups -OCH3 is 1. The third-order valence-corrected chi connectivity index (χ3v) is 5.36. The van der Waals surface area contributed by atoms with Crippen LogP contribution < -0.4 is 19.7 Å². The molecule has 1 heterocycles. The fourth-order valence-corrected chi connectivity index (χ4v) is 3.72. The van der Waals surface area contributed by atoms with Gasteiger partial charge in [-0.05, 0) is 66.6 Å². The zero-order valence-corrected chi connectivity index (χ0v) is 17.6. The summed E-state index contributed by atoms with van der Waals surface area (Å²) in [5.74, 6) is 1.17. The number of hydrogen-bond acceptors (Lipinski definition) is 4. The van der Waals surface area contributed by atoms with Crippen LogP contribution in [-0.2, 0) is 11.3 Å². The Labute approximate surface area is 181 Å². The maximum atomic E-state index is 13.4. The minimum Gasteiger partial charge on any atom is -0.497 e. The van der Waals surface area contributed by atoms with Crippen LogP contribution in [0.2, 0.25) is 0 Å². The average Bonchev–Trinajstić information content (AvgIpc) is 2.77. The van der Waals surface area contributed by atoms with Crippen LogP contribution in [0.1, 0.15) is 17.5 Å². The maximum absolute atomic E-state index is 13.4. The Balaban J connectivity index is 1.53. The lowest BCUT2D eigenvalue weighted by Crippen LogP contribution is -2.44. The maximum Gasteiger partial charge on any atom is 0.226 e. The number of ether oxygens (including phenoxy) is 2. The molecule has 0 saturated carbocycles. The van der Waals surface area contributed by atoms with Gasteiger partial charge in [-0.3, -0.25) is 4.79 Å². The third kappa shape index (κ3) is 4.97. The van der Waals surface area contributed by atoms with Crippen molar-refractivity contribution in [3.63, 3.8) is 0 Å². The van der Waals surface area contributed by atoms with Crippen LogP contribution in [0.25, 0.3) is 0 Å². The Hall–Kier alpha value is -3.54. The number of anilines is 2. The lowest BCUT2D eigenvalue weighted by Gasteiger charge is -2.38. The summed E-state index contributed by atoms with van der Waals surface area (Å²) >= 11 is 0. The summed E-state index contributed by atoms with van der Waals surface area (Å²) in [5.41, 5.74) is 3.72. The molecule has 3 aromatic rings. The highest BCUT2D eigenvalue weighted by molar-refractivity contribution is 5.91. The highest BCUT2D eigenvalue weighted by atomic mass is 19.1. The molecule has 4 rings (SSSR count). The number of fused-ring (bicyclic) bond motifs is 1. The monoisotopic (exact) mass is 420 g/mol. The van der Waals surface area contributed by atoms with Crippen LogP contribution in [0, 0.1) is 12.7 Å². The number of nitrogens with zero attached hydrogens (tertiary/aromatic N) is 1. The average molecular weight is 420 g/mol. The summed E-state index contributed by atoms with van der Waals surface area (Å²) < 4.78 is 24.5. The van der Waals surface area contributed by atoms with E-state index >= 15 is 0 Å². The molecule has 0 bridgehead atoms. The number of nitrogens with one attached hydrogen (secondary N) is 1. The smallest absolute Gasteiger partial charge is 0.226 e. The van der Waals surface area contributed by atoms with Crippen molar-refractivity contribution in [1.29, 1.82) is 0 Å². The molecule has 1 N–H and O–H groups in total. The number of halogens is 1. The Morgan fingerprint density at radius 3 is 2.58 bits per heavy atom. The number of amides is 1. The van der Waals surface area contributed by atoms with Gasteiger partial charge >= 0.3 is 0 Å². The highest BCUT2D eigenvalue weighted by Crippen LogP contribution is 2.36. The second kappa shape index (κ2) is 9.08. The Bertz CT molecular complexity index is 1050. The number of hydrogen-bond donors (Lipinski definition) is 1. The number of carbonyl (C=O) groups excluding carboxylic acids is 1. The molecule has 1 aliphatic rings. The molecular formula is C25H25FN2O3. The minimum atomic E-state index is -0.267. The SMILES string of the molecule is COc1ccc(NC(=O)C[C@H]2COc3cc(C)ccc3N2Cc2ccc(F)cc2)cc1. The molecule has 0 fully saturated rings. The van der Waals surface area contributed by atoms with Gasteiger partial charge in [-0.1, -0.05) is 18.2 Å². The molecule has 1 amide bonds. The van der Waals surface area contributed by atoms with Gasteiger partial charge in [-0.25, -0.2) is 4.39 Å². The van der Waals surface area contributed by atoms with Crippen LogP contribution in [0.5, 0.6) is 11.5 Å². The van der Waals surface area contributed by atoms with Gasteiger partial charge in [0.15, 0.2) is 0 Å². The van der Waals surface area contributed by atoms with E-state index in [1.807, 2.05) is 37.3 Å². The molecule has 1 atom stereocenters. The standard InChI is InChI=1S/C25H25FN2O3/c1-17-3-12-23-24(13-17)31-16-21(28(23)15-18-4-6-19(26)7-5-18)14-25(29)27-20-8-10-22(30-2)11-9-20/h3-13,21H,14-16H2,1-2H3,(H,27,29)/t21-/m0/s1. The van der Waals surface area contributed by atoms with Crippen molar-refractivity contribution < 1.29 is 18.7 Å². The molecule has 0 unspecified atom stereocenters. The van der Waals surface area contributed by atoms with Gasteiger partial charge in [0.2, 0.25) is 5.91 Å². The van der Waals surface area contributed by atoms with Crippen LogP contribution >= 0.6 is 0 Å². The van der Waals surface area contributed by atoms with Crippen LogP contribution in [0.4, 0.5) is 15.8 Å². The first-order valence-corrected chi connectivity index (χ1v) is 10.2. The van der Waals surface area contributed by atoms with E-state index < -0.39 is 0 Å². The largest absolute Gasteiger partial charge is 0.497 e. The van der Waals surface area contributed by atoms with E-state index in [4.69, 9.17) is 9.47 Å². The first-order chi connectivity index (χ1) is 15.0. The van der Waals surface area contributed by atoms with Crippen molar-refractivity contribution in [2.24, 2.45) is 0 Å². The van der Waals surface area contributed by atoms with Crippen molar-refractivity contribution in [3.05, 3.63) is 83.7 Å². The summed E-state index contributed by atoms with van der Waals surface area (Å²) in [7, 11) is 1.60. The normalized spacial score (nSPS) is 15.1. The zero-order chi connectivity index (χ0) is 21.8. The molecule has 31 heavy (non-hydrogen) atoms. The minimum absolute atomic E-state index is 0.0987. The molecule has 0 radical (unpaired) electrons. The Morgan fingerprint density at radius 2 is 1.87 bits per heavy atom. The van der Waals surface area contributed by atoms with Crippen molar-refractivity contribution in [2.75, 3.05) is 23.9 Å². The molecule has 0 aromatic heterocycles. The van der Waals surface area contributed by atoms with Crippen molar-refractivity contribution in [3.8, 4) is 11.5 Å². The first kappa shape index (κ1) is 20.7. The lowest BCUT2D eigenvalue weighted by molar-refractivity contribution is -0.116. The molecule has 0 saturated heterocycles. The molecular weight excluding hydrogens is 395 g/mol. The van der Waals surface area contributed by atoms with Crippen LogP contribution in [-0.4, -0.2) is 25.7 Å². The Morgan fingerprint density at radius 1 is 1.13 bits per heavy atom. The van der Waals surface area contributed by atoms with E-state index in [-0.39, 0.29) is 24.2 Å². The first-order valence-electron chi connectivity index (χ1n) is 10.2. The van der Waals surface area contributed by atoms with Gasteiger partial charge in [0, 0.05) is 12.2 Å². The summed E-state index contributed by atoms with van der Waals surface area (Å²) in [6, 6.07) is 19.6. The summed E-state index contributed by atoms with van der Waals surface area (Å²) in [6.45, 7) is 2.97. The van der Waals surface area contributed by atoms with E-state index in [1.54, 1.807) is 31.4 Å². The van der Waals surface area contributed by atoms with Crippen LogP contribution in [0.15, 0.2) is 66.7 Å². The van der Waals surface area contributed by atoms with Gasteiger partial charge in [-0.15, -0.1) is 0 Å². The quantitative estimate of drug-likeness (QED) is 0.614. The third-order valence-electron chi connectivity index (χ3n) is 5.36. The number of aryl methyl sites for hydroxylation is 1. The van der Waals surface area contributed by atoms with E-state index in [2.05, 4.69) is 10.2 Å². The molecule has 5 nitrogen and oxygen atoms in total. The Kier molecular flexibility index (Phi) is 6.07. The molecule has 6 heteroatoms. The summed E-state index contributed by atoms with van der Waals surface area (Å²) in [6.07, 6.45) is 0.264. The van der Waals surface area contributed by atoms with Crippen molar-refractivity contribution in [2.45, 2.75) is 25.9 Å². The van der Waals surface area contributed by atoms with Gasteiger partial charge in [0.1, 0.15) is 23.9 Å². The fraction of sp³-hybridized carbons (Fsp3) is 0.240. The fourth-order valence-electron chi connectivity index (χ4n) is 3.72. The second-order valence-corrected chi connectivity index (χ2v) is 7.67. The molecule has 0 spiro atoms. The molecule has 0 aliphatic carbocycles. The summed E-state index contributed by atoms with van der Waals surface area (Å²) in [4.78, 5) is 14.9. The van der Waals surface area contributed by atoms with Gasteiger partial charge in [0.25, 0.3) is 0 Å². The van der Waals surface area contributed by atoms with E-state index in [1.165, 1.54) is 12.1 Å². The molecule has 3 aromatic carbocycles. The van der Waals surface area contributed by atoms with Gasteiger partial charge in [-0.2, -0.15) is 0 Å². The molecule has 1 aliphatic heterocycles. The topological polar surface area (TPSA) is 50.8 Å². The van der Waals surface area contributed by atoms with Crippen molar-refractivity contribution in [1.82, 2.24) is 0 Å². The molecule has 160 valence electrons. The lowest BCUT2D eigenvalue weighted by atomic mass is 10.0. The summed E-state index contributed by atoms with van der Waals surface area (Å²) in [5, 5.41) is 2.94. The predicted octanol–water partition coefficient (Wildman–Crippen LogP) is 4.94. The van der Waals surface area contributed by atoms with Crippen LogP contribution in [0.3, 0.4) is 0 Å². The number of rotatable bonds is 6. The van der Waals surface area contributed by atoms with Gasteiger partial charge in [0.05, 0.1) is 25.3 Å². The van der Waals surface area contributed by atoms with E-state index in [0.29, 0.717) is 18.8 Å². The van der Waals surface area contributed by atoms with E-state index in [9.17, 15) is 9.18 Å². The highest BCUT2D eigenvalue weighted by Gasteiger charge is 2.29. The zero-order valence-electron chi connectivity index (χ0n) is 17.6. The number of benzene rings is 3. The predicted molar refractivity (Wildman–Crippen MR) is 119 cm³/mol.